The monoisotopic (exact) mass is 406 g/mol. The van der Waals surface area contributed by atoms with Crippen LogP contribution in [0.3, 0.4) is 0 Å². The standard InChI is InChI=1S/C19H23FN4O3S/c1-2-27-18(25)10-17-13-28-19(22-17)23-21-11-14-3-4-16(20)9-15(14)12-24-5-7-26-8-6-24/h3-4,9,11,13H,2,5-8,10,12H2,1H3,(H,22,23). The second kappa shape index (κ2) is 10.3. The highest BCUT2D eigenvalue weighted by atomic mass is 32.1. The summed E-state index contributed by atoms with van der Waals surface area (Å²) in [6, 6.07) is 4.67. The first-order valence-electron chi connectivity index (χ1n) is 9.11. The van der Waals surface area contributed by atoms with Crippen LogP contribution in [-0.4, -0.2) is 55.0 Å². The third-order valence-electron chi connectivity index (χ3n) is 4.15. The first-order chi connectivity index (χ1) is 13.6. The van der Waals surface area contributed by atoms with Crippen LogP contribution in [0.5, 0.6) is 0 Å². The van der Waals surface area contributed by atoms with Crippen molar-refractivity contribution < 1.29 is 18.7 Å². The highest BCUT2D eigenvalue weighted by Gasteiger charge is 2.13. The third-order valence-corrected chi connectivity index (χ3v) is 4.94. The van der Waals surface area contributed by atoms with Gasteiger partial charge < -0.3 is 9.47 Å². The first-order valence-corrected chi connectivity index (χ1v) is 9.99. The van der Waals surface area contributed by atoms with Crippen LogP contribution in [0.4, 0.5) is 9.52 Å². The number of thiazole rings is 1. The third kappa shape index (κ3) is 6.08. The Morgan fingerprint density at radius 3 is 3.07 bits per heavy atom. The molecule has 2 heterocycles. The van der Waals surface area contributed by atoms with E-state index in [1.807, 2.05) is 0 Å². The summed E-state index contributed by atoms with van der Waals surface area (Å²) >= 11 is 1.35. The molecule has 1 N–H and O–H groups in total. The molecule has 0 unspecified atom stereocenters. The van der Waals surface area contributed by atoms with Crippen LogP contribution in [-0.2, 0) is 27.2 Å². The van der Waals surface area contributed by atoms with Gasteiger partial charge in [0.2, 0.25) is 5.13 Å². The van der Waals surface area contributed by atoms with Gasteiger partial charge in [-0.05, 0) is 30.2 Å². The maximum atomic E-state index is 13.7. The molecule has 1 aliphatic rings. The van der Waals surface area contributed by atoms with Crippen molar-refractivity contribution in [3.63, 3.8) is 0 Å². The number of hydrazone groups is 1. The number of nitrogens with one attached hydrogen (secondary N) is 1. The zero-order valence-electron chi connectivity index (χ0n) is 15.7. The second-order valence-corrected chi connectivity index (χ2v) is 7.09. The van der Waals surface area contributed by atoms with Crippen LogP contribution in [0, 0.1) is 5.82 Å². The summed E-state index contributed by atoms with van der Waals surface area (Å²) in [5.74, 6) is -0.571. The molecule has 7 nitrogen and oxygen atoms in total. The van der Waals surface area contributed by atoms with Gasteiger partial charge in [-0.1, -0.05) is 6.07 Å². The van der Waals surface area contributed by atoms with Crippen LogP contribution >= 0.6 is 11.3 Å². The van der Waals surface area contributed by atoms with Crippen LogP contribution in [0.25, 0.3) is 0 Å². The highest BCUT2D eigenvalue weighted by molar-refractivity contribution is 7.13. The Morgan fingerprint density at radius 2 is 2.29 bits per heavy atom. The van der Waals surface area contributed by atoms with Gasteiger partial charge in [0.15, 0.2) is 0 Å². The number of anilines is 1. The Morgan fingerprint density at radius 1 is 1.46 bits per heavy atom. The lowest BCUT2D eigenvalue weighted by Gasteiger charge is -2.27. The molecule has 2 aromatic rings. The van der Waals surface area contributed by atoms with E-state index < -0.39 is 0 Å². The Hall–Kier alpha value is -2.36. The van der Waals surface area contributed by atoms with E-state index in [9.17, 15) is 9.18 Å². The molecular formula is C19H23FN4O3S. The molecule has 0 atom stereocenters. The van der Waals surface area contributed by atoms with Gasteiger partial charge in [0.1, 0.15) is 5.82 Å². The quantitative estimate of drug-likeness (QED) is 0.413. The predicted octanol–water partition coefficient (Wildman–Crippen LogP) is 2.67. The van der Waals surface area contributed by atoms with Crippen LogP contribution < -0.4 is 5.43 Å². The number of benzene rings is 1. The van der Waals surface area contributed by atoms with Gasteiger partial charge in [-0.3, -0.25) is 15.1 Å². The van der Waals surface area contributed by atoms with E-state index in [1.54, 1.807) is 24.6 Å². The number of carbonyl (C=O) groups is 1. The van der Waals surface area contributed by atoms with Crippen molar-refractivity contribution in [2.45, 2.75) is 19.9 Å². The lowest BCUT2D eigenvalue weighted by Crippen LogP contribution is -2.35. The molecule has 0 aliphatic carbocycles. The lowest BCUT2D eigenvalue weighted by atomic mass is 10.1. The zero-order valence-corrected chi connectivity index (χ0v) is 16.5. The number of carbonyl (C=O) groups excluding carboxylic acids is 1. The minimum absolute atomic E-state index is 0.136. The van der Waals surface area contributed by atoms with Crippen LogP contribution in [0.2, 0.25) is 0 Å². The number of hydrogen-bond acceptors (Lipinski definition) is 8. The summed E-state index contributed by atoms with van der Waals surface area (Å²) in [7, 11) is 0. The Kier molecular flexibility index (Phi) is 7.46. The topological polar surface area (TPSA) is 76.0 Å². The van der Waals surface area contributed by atoms with Gasteiger partial charge in [0, 0.05) is 25.0 Å². The average Bonchev–Trinajstić information content (AvgIpc) is 3.11. The predicted molar refractivity (Wildman–Crippen MR) is 106 cm³/mol. The number of esters is 1. The molecule has 0 spiro atoms. The number of morpholine rings is 1. The lowest BCUT2D eigenvalue weighted by molar-refractivity contribution is -0.142. The van der Waals surface area contributed by atoms with Gasteiger partial charge in [-0.15, -0.1) is 11.3 Å². The van der Waals surface area contributed by atoms with Crippen molar-refractivity contribution in [2.75, 3.05) is 38.3 Å². The minimum Gasteiger partial charge on any atom is -0.466 e. The molecule has 150 valence electrons. The van der Waals surface area contributed by atoms with E-state index in [0.717, 1.165) is 24.2 Å². The normalized spacial score (nSPS) is 15.1. The molecule has 1 saturated heterocycles. The molecule has 0 saturated carbocycles. The average molecular weight is 406 g/mol. The van der Waals surface area contributed by atoms with Crippen molar-refractivity contribution in [3.05, 3.63) is 46.2 Å². The summed E-state index contributed by atoms with van der Waals surface area (Å²) in [6.07, 6.45) is 1.79. The minimum atomic E-state index is -0.304. The number of halogens is 1. The van der Waals surface area contributed by atoms with E-state index >= 15 is 0 Å². The van der Waals surface area contributed by atoms with E-state index in [4.69, 9.17) is 9.47 Å². The van der Waals surface area contributed by atoms with Crippen molar-refractivity contribution >= 4 is 28.7 Å². The van der Waals surface area contributed by atoms with Gasteiger partial charge in [0.25, 0.3) is 0 Å². The molecule has 1 aliphatic heterocycles. The number of rotatable bonds is 8. The van der Waals surface area contributed by atoms with Crippen molar-refractivity contribution in [2.24, 2.45) is 5.10 Å². The Labute approximate surface area is 167 Å². The summed E-state index contributed by atoms with van der Waals surface area (Å²) in [5.41, 5.74) is 5.20. The maximum Gasteiger partial charge on any atom is 0.311 e. The van der Waals surface area contributed by atoms with E-state index in [0.29, 0.717) is 37.2 Å². The molecule has 0 amide bonds. The molecule has 3 rings (SSSR count). The molecule has 1 fully saturated rings. The molecule has 28 heavy (non-hydrogen) atoms. The van der Waals surface area contributed by atoms with Crippen LogP contribution in [0.1, 0.15) is 23.7 Å². The fourth-order valence-corrected chi connectivity index (χ4v) is 3.45. The number of ether oxygens (including phenoxy) is 2. The molecular weight excluding hydrogens is 383 g/mol. The van der Waals surface area contributed by atoms with E-state index in [1.165, 1.54) is 23.5 Å². The van der Waals surface area contributed by atoms with Crippen LogP contribution in [0.15, 0.2) is 28.7 Å². The van der Waals surface area contributed by atoms with Crippen molar-refractivity contribution in [3.8, 4) is 0 Å². The summed E-state index contributed by atoms with van der Waals surface area (Å²) in [6.45, 7) is 5.80. The van der Waals surface area contributed by atoms with Gasteiger partial charge in [-0.25, -0.2) is 9.37 Å². The number of aromatic nitrogens is 1. The van der Waals surface area contributed by atoms with E-state index in [2.05, 4.69) is 20.4 Å². The molecule has 1 aromatic heterocycles. The summed E-state index contributed by atoms with van der Waals surface area (Å²) < 4.78 is 24.0. The largest absolute Gasteiger partial charge is 0.466 e. The number of nitrogens with zero attached hydrogens (tertiary/aromatic N) is 3. The number of hydrogen-bond donors (Lipinski definition) is 1. The van der Waals surface area contributed by atoms with Crippen molar-refractivity contribution in [1.29, 1.82) is 0 Å². The van der Waals surface area contributed by atoms with Gasteiger partial charge >= 0.3 is 5.97 Å². The van der Waals surface area contributed by atoms with Gasteiger partial charge in [0.05, 0.1) is 38.1 Å². The van der Waals surface area contributed by atoms with Gasteiger partial charge in [-0.2, -0.15) is 5.10 Å². The molecule has 1 aromatic carbocycles. The molecule has 9 heteroatoms. The fraction of sp³-hybridized carbons (Fsp3) is 0.421. The second-order valence-electron chi connectivity index (χ2n) is 6.23. The van der Waals surface area contributed by atoms with Crippen molar-refractivity contribution in [1.82, 2.24) is 9.88 Å². The first kappa shape index (κ1) is 20.4. The Balaban J connectivity index is 1.61. The fourth-order valence-electron chi connectivity index (χ4n) is 2.79. The van der Waals surface area contributed by atoms with E-state index in [-0.39, 0.29) is 18.2 Å². The summed E-state index contributed by atoms with van der Waals surface area (Å²) in [5, 5.41) is 6.58. The Bertz CT molecular complexity index is 821. The smallest absolute Gasteiger partial charge is 0.311 e. The zero-order chi connectivity index (χ0) is 19.8. The SMILES string of the molecule is CCOC(=O)Cc1csc(NN=Cc2ccc(F)cc2CN2CCOCC2)n1. The summed E-state index contributed by atoms with van der Waals surface area (Å²) in [4.78, 5) is 18.0. The maximum absolute atomic E-state index is 13.7. The molecule has 0 bridgehead atoms. The highest BCUT2D eigenvalue weighted by Crippen LogP contribution is 2.17. The molecule has 0 radical (unpaired) electrons.